The van der Waals surface area contributed by atoms with Crippen LogP contribution < -0.4 is 4.74 Å². The maximum atomic E-state index is 14.0. The molecule has 0 bridgehead atoms. The molecule has 0 amide bonds. The first kappa shape index (κ1) is 28.2. The highest BCUT2D eigenvalue weighted by Crippen LogP contribution is 2.55. The van der Waals surface area contributed by atoms with Crippen molar-refractivity contribution >= 4 is 29.1 Å². The van der Waals surface area contributed by atoms with Gasteiger partial charge in [0.2, 0.25) is 0 Å². The predicted octanol–water partition coefficient (Wildman–Crippen LogP) is 7.08. The van der Waals surface area contributed by atoms with E-state index in [0.29, 0.717) is 59.8 Å². The lowest BCUT2D eigenvalue weighted by Gasteiger charge is -2.49. The molecule has 1 N–H and O–H groups in total. The lowest BCUT2D eigenvalue weighted by molar-refractivity contribution is -0.137. The number of ketones is 2. The molecular weight excluding hydrogens is 526 g/mol. The monoisotopic (exact) mass is 561 g/mol. The number of halogens is 1. The Morgan fingerprint density at radius 2 is 1.50 bits per heavy atom. The Hall–Kier alpha value is -3.38. The van der Waals surface area contributed by atoms with Gasteiger partial charge < -0.3 is 14.7 Å². The zero-order chi connectivity index (χ0) is 28.8. The Balaban J connectivity index is 1.71. The molecule has 0 radical (unpaired) electrons. The first-order chi connectivity index (χ1) is 18.8. The maximum absolute atomic E-state index is 14.0. The zero-order valence-electron chi connectivity index (χ0n) is 23.6. The number of hydrogen-bond donors (Lipinski definition) is 1. The average Bonchev–Trinajstić information content (AvgIpc) is 2.85. The molecule has 210 valence electrons. The summed E-state index contributed by atoms with van der Waals surface area (Å²) < 4.78 is 6.33. The molecule has 0 spiro atoms. The summed E-state index contributed by atoms with van der Waals surface area (Å²) in [6.07, 6.45) is 1.81. The largest absolute Gasteiger partial charge is 0.489 e. The highest BCUT2D eigenvalue weighted by molar-refractivity contribution is 6.30. The number of benzene rings is 2. The van der Waals surface area contributed by atoms with Crippen molar-refractivity contribution in [3.05, 3.63) is 87.2 Å². The Bertz CT molecular complexity index is 1380. The number of nitrogens with zero attached hydrogens (tertiary/aromatic N) is 1. The Labute approximate surface area is 240 Å². The quantitative estimate of drug-likeness (QED) is 0.389. The van der Waals surface area contributed by atoms with Gasteiger partial charge in [0, 0.05) is 58.4 Å². The first-order valence-corrected chi connectivity index (χ1v) is 14.2. The van der Waals surface area contributed by atoms with Gasteiger partial charge >= 0.3 is 5.97 Å². The van der Waals surface area contributed by atoms with Crippen molar-refractivity contribution in [1.82, 2.24) is 4.90 Å². The number of hydrogen-bond acceptors (Lipinski definition) is 5. The molecule has 2 aromatic carbocycles. The van der Waals surface area contributed by atoms with Crippen LogP contribution in [-0.4, -0.2) is 34.1 Å². The lowest BCUT2D eigenvalue weighted by Crippen LogP contribution is -2.45. The molecule has 1 heterocycles. The van der Waals surface area contributed by atoms with E-state index < -0.39 is 11.9 Å². The third-order valence-electron chi connectivity index (χ3n) is 8.09. The molecule has 40 heavy (non-hydrogen) atoms. The van der Waals surface area contributed by atoms with Crippen LogP contribution in [0.25, 0.3) is 0 Å². The number of rotatable bonds is 7. The third-order valence-corrected chi connectivity index (χ3v) is 8.33. The minimum Gasteiger partial charge on any atom is -0.489 e. The molecule has 0 aromatic heterocycles. The first-order valence-electron chi connectivity index (χ1n) is 13.8. The van der Waals surface area contributed by atoms with Crippen LogP contribution >= 0.6 is 11.6 Å². The van der Waals surface area contributed by atoms with Crippen molar-refractivity contribution in [2.24, 2.45) is 10.8 Å². The molecule has 7 heteroatoms. The van der Waals surface area contributed by atoms with Crippen molar-refractivity contribution in [2.75, 3.05) is 6.54 Å². The van der Waals surface area contributed by atoms with Gasteiger partial charge in [0.1, 0.15) is 12.4 Å². The molecule has 2 aromatic rings. The van der Waals surface area contributed by atoms with Gasteiger partial charge in [-0.15, -0.1) is 0 Å². The van der Waals surface area contributed by atoms with Gasteiger partial charge in [0.05, 0.1) is 6.42 Å². The van der Waals surface area contributed by atoms with Crippen LogP contribution in [0.3, 0.4) is 0 Å². The summed E-state index contributed by atoms with van der Waals surface area (Å²) in [5, 5.41) is 10.1. The van der Waals surface area contributed by atoms with E-state index in [2.05, 4.69) is 27.7 Å². The van der Waals surface area contributed by atoms with Crippen LogP contribution in [0.5, 0.6) is 5.75 Å². The van der Waals surface area contributed by atoms with E-state index in [1.54, 1.807) is 6.07 Å². The molecule has 0 unspecified atom stereocenters. The number of ether oxygens (including phenoxy) is 1. The number of allylic oxidation sites excluding steroid dienone is 4. The summed E-state index contributed by atoms with van der Waals surface area (Å²) in [5.41, 5.74) is 3.90. The second-order valence-corrected chi connectivity index (χ2v) is 13.2. The molecule has 1 aliphatic heterocycles. The summed E-state index contributed by atoms with van der Waals surface area (Å²) in [7, 11) is 0. The van der Waals surface area contributed by atoms with Crippen molar-refractivity contribution < 1.29 is 24.2 Å². The third kappa shape index (κ3) is 5.60. The Morgan fingerprint density at radius 3 is 2.05 bits per heavy atom. The lowest BCUT2D eigenvalue weighted by atomic mass is 9.63. The minimum absolute atomic E-state index is 0.0188. The summed E-state index contributed by atoms with van der Waals surface area (Å²) in [4.78, 5) is 41.6. The van der Waals surface area contributed by atoms with E-state index in [-0.39, 0.29) is 35.4 Å². The van der Waals surface area contributed by atoms with Crippen LogP contribution in [0.4, 0.5) is 0 Å². The molecule has 0 atom stereocenters. The van der Waals surface area contributed by atoms with E-state index in [1.807, 2.05) is 47.4 Å². The number of carbonyl (C=O) groups is 3. The molecule has 6 nitrogen and oxygen atoms in total. The molecule has 3 aliphatic rings. The fraction of sp³-hybridized carbons (Fsp3) is 0.424. The number of aliphatic carboxylic acids is 1. The van der Waals surface area contributed by atoms with Crippen LogP contribution in [-0.2, 0) is 21.0 Å². The molecule has 0 saturated heterocycles. The smallest absolute Gasteiger partial charge is 0.305 e. The van der Waals surface area contributed by atoms with E-state index in [1.165, 1.54) is 0 Å². The van der Waals surface area contributed by atoms with E-state index in [0.717, 1.165) is 17.0 Å². The van der Waals surface area contributed by atoms with Gasteiger partial charge in [-0.25, -0.2) is 0 Å². The number of carbonyl (C=O) groups excluding carboxylic acids is 2. The van der Waals surface area contributed by atoms with Crippen molar-refractivity contribution in [3.8, 4) is 5.75 Å². The fourth-order valence-corrected chi connectivity index (χ4v) is 6.63. The van der Waals surface area contributed by atoms with Gasteiger partial charge in [-0.1, -0.05) is 69.6 Å². The van der Waals surface area contributed by atoms with Crippen molar-refractivity contribution in [2.45, 2.75) is 72.3 Å². The SMILES string of the molecule is CC1(C)CC(=O)C2=C(C1)N(CCC(=O)O)C1=C(C(=O)CC(C)(C)C1)C2c1cc(Cl)ccc1OCc1ccccc1. The molecule has 2 aliphatic carbocycles. The highest BCUT2D eigenvalue weighted by atomic mass is 35.5. The summed E-state index contributed by atoms with van der Waals surface area (Å²) >= 11 is 6.55. The highest BCUT2D eigenvalue weighted by Gasteiger charge is 2.49. The number of carboxylic acids is 1. The zero-order valence-corrected chi connectivity index (χ0v) is 24.3. The van der Waals surface area contributed by atoms with E-state index in [9.17, 15) is 19.5 Å². The average molecular weight is 562 g/mol. The molecule has 5 rings (SSSR count). The summed E-state index contributed by atoms with van der Waals surface area (Å²) in [5.74, 6) is -1.00. The van der Waals surface area contributed by atoms with Gasteiger partial charge in [0.15, 0.2) is 11.6 Å². The minimum atomic E-state index is -0.916. The van der Waals surface area contributed by atoms with E-state index in [4.69, 9.17) is 16.3 Å². The van der Waals surface area contributed by atoms with Crippen molar-refractivity contribution in [3.63, 3.8) is 0 Å². The second-order valence-electron chi connectivity index (χ2n) is 12.8. The standard InChI is InChI=1S/C33H36ClNO5/c1-32(2)15-23-30(25(36)17-32)29(22-14-21(34)10-11-27(22)40-19-20-8-6-5-7-9-20)31-24(35(23)13-12-28(38)39)16-33(3,4)18-26(31)37/h5-11,14,29H,12-13,15-19H2,1-4H3,(H,38,39). The van der Waals surface area contributed by atoms with Crippen LogP contribution in [0.15, 0.2) is 71.1 Å². The van der Waals surface area contributed by atoms with Gasteiger partial charge in [-0.2, -0.15) is 0 Å². The normalized spacial score (nSPS) is 20.4. The van der Waals surface area contributed by atoms with Gasteiger partial charge in [-0.3, -0.25) is 14.4 Å². The molecule has 0 fully saturated rings. The Kier molecular flexibility index (Phi) is 7.43. The Morgan fingerprint density at radius 1 is 0.925 bits per heavy atom. The van der Waals surface area contributed by atoms with Gasteiger partial charge in [-0.05, 0) is 47.4 Å². The number of carboxylic acid groups (broad SMARTS) is 1. The van der Waals surface area contributed by atoms with Crippen LogP contribution in [0, 0.1) is 10.8 Å². The maximum Gasteiger partial charge on any atom is 0.305 e. The topological polar surface area (TPSA) is 83.9 Å². The van der Waals surface area contributed by atoms with E-state index >= 15 is 0 Å². The summed E-state index contributed by atoms with van der Waals surface area (Å²) in [6, 6.07) is 15.2. The van der Waals surface area contributed by atoms with Gasteiger partial charge in [0.25, 0.3) is 0 Å². The van der Waals surface area contributed by atoms with Crippen LogP contribution in [0.2, 0.25) is 5.02 Å². The number of Topliss-reactive ketones (excluding diaryl/α,β-unsaturated/α-hetero) is 2. The predicted molar refractivity (Wildman–Crippen MR) is 154 cm³/mol. The summed E-state index contributed by atoms with van der Waals surface area (Å²) in [6.45, 7) is 8.78. The fourth-order valence-electron chi connectivity index (χ4n) is 6.45. The molecule has 0 saturated carbocycles. The second kappa shape index (κ2) is 10.5. The van der Waals surface area contributed by atoms with Crippen LogP contribution in [0.1, 0.15) is 76.8 Å². The molecular formula is C33H36ClNO5. The van der Waals surface area contributed by atoms with Crippen molar-refractivity contribution in [1.29, 1.82) is 0 Å².